The summed E-state index contributed by atoms with van der Waals surface area (Å²) in [6, 6.07) is 0. The maximum absolute atomic E-state index is 12.3. The number of rotatable bonds is 3. The molecule has 0 aromatic carbocycles. The second-order valence-electron chi connectivity index (χ2n) is 5.59. The Morgan fingerprint density at radius 2 is 2.30 bits per heavy atom. The van der Waals surface area contributed by atoms with Gasteiger partial charge in [-0.05, 0) is 26.7 Å². The molecule has 110 valence electrons. The van der Waals surface area contributed by atoms with Crippen LogP contribution in [0.5, 0.6) is 0 Å². The summed E-state index contributed by atoms with van der Waals surface area (Å²) in [6.45, 7) is 5.09. The van der Waals surface area contributed by atoms with Gasteiger partial charge >= 0.3 is 0 Å². The van der Waals surface area contributed by atoms with Crippen molar-refractivity contribution in [2.75, 3.05) is 20.1 Å². The van der Waals surface area contributed by atoms with Crippen LogP contribution < -0.4 is 5.32 Å². The van der Waals surface area contributed by atoms with Gasteiger partial charge in [-0.3, -0.25) is 9.59 Å². The molecule has 1 N–H and O–H groups in total. The molecule has 0 unspecified atom stereocenters. The van der Waals surface area contributed by atoms with Crippen LogP contribution in [0.2, 0.25) is 0 Å². The molecule has 6 heteroatoms. The van der Waals surface area contributed by atoms with Gasteiger partial charge in [0, 0.05) is 25.5 Å². The van der Waals surface area contributed by atoms with E-state index in [1.165, 1.54) is 0 Å². The van der Waals surface area contributed by atoms with E-state index < -0.39 is 5.41 Å². The highest BCUT2D eigenvalue weighted by Gasteiger charge is 2.38. The smallest absolute Gasteiger partial charge is 0.228 e. The van der Waals surface area contributed by atoms with Crippen molar-refractivity contribution in [1.29, 1.82) is 0 Å². The minimum absolute atomic E-state index is 0.0134. The lowest BCUT2D eigenvalue weighted by atomic mass is 9.81. The number of piperidine rings is 1. The van der Waals surface area contributed by atoms with E-state index in [-0.39, 0.29) is 11.8 Å². The first kappa shape index (κ1) is 15.0. The molecule has 1 aromatic rings. The van der Waals surface area contributed by atoms with E-state index in [2.05, 4.69) is 10.3 Å². The Hall–Kier alpha value is -1.43. The van der Waals surface area contributed by atoms with Crippen LogP contribution in [0.4, 0.5) is 0 Å². The molecule has 20 heavy (non-hydrogen) atoms. The molecule has 1 atom stereocenters. The van der Waals surface area contributed by atoms with Crippen molar-refractivity contribution in [3.63, 3.8) is 0 Å². The fourth-order valence-corrected chi connectivity index (χ4v) is 3.31. The predicted octanol–water partition coefficient (Wildman–Crippen LogP) is 1.37. The number of nitrogens with one attached hydrogen (secondary N) is 1. The molecule has 1 fully saturated rings. The van der Waals surface area contributed by atoms with E-state index in [9.17, 15) is 9.59 Å². The molecule has 2 heterocycles. The average molecular weight is 295 g/mol. The second kappa shape index (κ2) is 5.91. The van der Waals surface area contributed by atoms with E-state index in [4.69, 9.17) is 0 Å². The van der Waals surface area contributed by atoms with Crippen LogP contribution in [0.15, 0.2) is 5.38 Å². The number of amides is 2. The molecule has 2 rings (SSSR count). The Morgan fingerprint density at radius 3 is 2.90 bits per heavy atom. The van der Waals surface area contributed by atoms with Gasteiger partial charge in [-0.2, -0.15) is 0 Å². The molecule has 1 aliphatic rings. The number of nitrogens with zero attached hydrogens (tertiary/aromatic N) is 2. The minimum Gasteiger partial charge on any atom is -0.359 e. The van der Waals surface area contributed by atoms with Gasteiger partial charge in [0.15, 0.2) is 0 Å². The van der Waals surface area contributed by atoms with Crippen LogP contribution in [0.3, 0.4) is 0 Å². The maximum atomic E-state index is 12.3. The Kier molecular flexibility index (Phi) is 4.42. The number of hydrogen-bond acceptors (Lipinski definition) is 4. The van der Waals surface area contributed by atoms with Crippen LogP contribution >= 0.6 is 11.3 Å². The SMILES string of the molecule is CNC(=O)[C@]1(C)CCCN(C(=O)Cc2csc(C)n2)C1. The zero-order valence-electron chi connectivity index (χ0n) is 12.2. The molecule has 2 amide bonds. The standard InChI is InChI=1S/C14H21N3O2S/c1-10-16-11(8-20-10)7-12(18)17-6-4-5-14(2,9-17)13(19)15-3/h8H,4-7,9H2,1-3H3,(H,15,19)/t14-/m1/s1. The Balaban J connectivity index is 2.01. The van der Waals surface area contributed by atoms with Gasteiger partial charge < -0.3 is 10.2 Å². The Morgan fingerprint density at radius 1 is 1.55 bits per heavy atom. The number of thiazole rings is 1. The van der Waals surface area contributed by atoms with Gasteiger partial charge in [0.2, 0.25) is 11.8 Å². The number of aryl methyl sites for hydroxylation is 1. The summed E-state index contributed by atoms with van der Waals surface area (Å²) in [5, 5.41) is 5.60. The van der Waals surface area contributed by atoms with Gasteiger partial charge in [-0.15, -0.1) is 11.3 Å². The number of carbonyl (C=O) groups is 2. The summed E-state index contributed by atoms with van der Waals surface area (Å²) in [6.07, 6.45) is 2.02. The maximum Gasteiger partial charge on any atom is 0.228 e. The van der Waals surface area contributed by atoms with E-state index >= 15 is 0 Å². The van der Waals surface area contributed by atoms with Gasteiger partial charge in [0.25, 0.3) is 0 Å². The fourth-order valence-electron chi connectivity index (χ4n) is 2.70. The monoisotopic (exact) mass is 295 g/mol. The third-order valence-electron chi connectivity index (χ3n) is 3.82. The van der Waals surface area contributed by atoms with Crippen molar-refractivity contribution < 1.29 is 9.59 Å². The molecular weight excluding hydrogens is 274 g/mol. The summed E-state index contributed by atoms with van der Waals surface area (Å²) in [4.78, 5) is 30.4. The van der Waals surface area contributed by atoms with Gasteiger partial charge in [-0.25, -0.2) is 4.98 Å². The quantitative estimate of drug-likeness (QED) is 0.916. The predicted molar refractivity (Wildman–Crippen MR) is 78.5 cm³/mol. The molecule has 1 aliphatic heterocycles. The third-order valence-corrected chi connectivity index (χ3v) is 4.65. The molecule has 0 saturated carbocycles. The van der Waals surface area contributed by atoms with Gasteiger partial charge in [0.05, 0.1) is 22.5 Å². The van der Waals surface area contributed by atoms with E-state index in [1.807, 2.05) is 19.2 Å². The summed E-state index contributed by atoms with van der Waals surface area (Å²) >= 11 is 1.56. The van der Waals surface area contributed by atoms with Crippen LogP contribution in [0.25, 0.3) is 0 Å². The van der Waals surface area contributed by atoms with E-state index in [1.54, 1.807) is 23.3 Å². The third kappa shape index (κ3) is 3.17. The normalized spacial score (nSPS) is 22.6. The fraction of sp³-hybridized carbons (Fsp3) is 0.643. The average Bonchev–Trinajstić information content (AvgIpc) is 2.83. The van der Waals surface area contributed by atoms with E-state index in [0.29, 0.717) is 13.0 Å². The highest BCUT2D eigenvalue weighted by Crippen LogP contribution is 2.30. The second-order valence-corrected chi connectivity index (χ2v) is 6.66. The first-order valence-electron chi connectivity index (χ1n) is 6.85. The van der Waals surface area contributed by atoms with Crippen molar-refractivity contribution in [1.82, 2.24) is 15.2 Å². The minimum atomic E-state index is -0.472. The van der Waals surface area contributed by atoms with Crippen LogP contribution in [-0.2, 0) is 16.0 Å². The zero-order chi connectivity index (χ0) is 14.8. The number of aromatic nitrogens is 1. The number of carbonyl (C=O) groups excluding carboxylic acids is 2. The van der Waals surface area contributed by atoms with Crippen LogP contribution in [0.1, 0.15) is 30.5 Å². The van der Waals surface area contributed by atoms with E-state index in [0.717, 1.165) is 30.1 Å². The van der Waals surface area contributed by atoms with Crippen molar-refractivity contribution in [3.8, 4) is 0 Å². The highest BCUT2D eigenvalue weighted by atomic mass is 32.1. The Labute approximate surface area is 123 Å². The molecule has 0 bridgehead atoms. The molecular formula is C14H21N3O2S. The lowest BCUT2D eigenvalue weighted by Crippen LogP contribution is -2.51. The molecule has 5 nitrogen and oxygen atoms in total. The van der Waals surface area contributed by atoms with Crippen molar-refractivity contribution in [3.05, 3.63) is 16.1 Å². The van der Waals surface area contributed by atoms with Crippen molar-refractivity contribution in [2.45, 2.75) is 33.1 Å². The summed E-state index contributed by atoms with van der Waals surface area (Å²) in [5.41, 5.74) is 0.352. The van der Waals surface area contributed by atoms with Crippen LogP contribution in [-0.4, -0.2) is 41.8 Å². The van der Waals surface area contributed by atoms with Crippen molar-refractivity contribution >= 4 is 23.2 Å². The molecule has 1 saturated heterocycles. The topological polar surface area (TPSA) is 62.3 Å². The highest BCUT2D eigenvalue weighted by molar-refractivity contribution is 7.09. The molecule has 1 aromatic heterocycles. The molecule has 0 radical (unpaired) electrons. The zero-order valence-corrected chi connectivity index (χ0v) is 13.0. The number of likely N-dealkylation sites (tertiary alicyclic amines) is 1. The lowest BCUT2D eigenvalue weighted by Gasteiger charge is -2.39. The van der Waals surface area contributed by atoms with Gasteiger partial charge in [0.1, 0.15) is 0 Å². The molecule has 0 aliphatic carbocycles. The summed E-state index contributed by atoms with van der Waals surface area (Å²) in [7, 11) is 1.65. The first-order valence-corrected chi connectivity index (χ1v) is 7.73. The Bertz CT molecular complexity index is 514. The first-order chi connectivity index (χ1) is 9.44. The van der Waals surface area contributed by atoms with Crippen LogP contribution in [0, 0.1) is 12.3 Å². The largest absolute Gasteiger partial charge is 0.359 e. The van der Waals surface area contributed by atoms with Crippen molar-refractivity contribution in [2.24, 2.45) is 5.41 Å². The number of hydrogen-bond donors (Lipinski definition) is 1. The summed E-state index contributed by atoms with van der Waals surface area (Å²) < 4.78 is 0. The summed E-state index contributed by atoms with van der Waals surface area (Å²) in [5.74, 6) is 0.0737. The van der Waals surface area contributed by atoms with Gasteiger partial charge in [-0.1, -0.05) is 0 Å². The lowest BCUT2D eigenvalue weighted by molar-refractivity contribution is -0.139. The molecule has 0 spiro atoms.